The molecule has 0 aromatic heterocycles. The maximum absolute atomic E-state index is 11.1. The SMILES string of the molecule is O=S(=O)(O)Nc1c(O)cc(-c2ccccc2)c2ccccc12. The summed E-state index contributed by atoms with van der Waals surface area (Å²) in [5.74, 6) is -0.254. The van der Waals surface area contributed by atoms with Gasteiger partial charge in [0, 0.05) is 5.39 Å². The molecule has 0 aliphatic rings. The van der Waals surface area contributed by atoms with E-state index in [1.165, 1.54) is 6.07 Å². The van der Waals surface area contributed by atoms with Crippen LogP contribution < -0.4 is 4.72 Å². The quantitative estimate of drug-likeness (QED) is 0.510. The molecule has 5 nitrogen and oxygen atoms in total. The van der Waals surface area contributed by atoms with Crippen LogP contribution in [0.4, 0.5) is 5.69 Å². The lowest BCUT2D eigenvalue weighted by atomic mass is 9.97. The molecule has 3 aromatic carbocycles. The van der Waals surface area contributed by atoms with Crippen molar-refractivity contribution in [2.75, 3.05) is 4.72 Å². The van der Waals surface area contributed by atoms with Crippen LogP contribution in [0.15, 0.2) is 60.7 Å². The molecule has 3 aromatic rings. The van der Waals surface area contributed by atoms with Crippen molar-refractivity contribution in [3.63, 3.8) is 0 Å². The number of phenols is 1. The summed E-state index contributed by atoms with van der Waals surface area (Å²) in [6.45, 7) is 0. The first kappa shape index (κ1) is 14.4. The van der Waals surface area contributed by atoms with Gasteiger partial charge in [0.15, 0.2) is 0 Å². The number of hydrogen-bond acceptors (Lipinski definition) is 3. The van der Waals surface area contributed by atoms with Crippen LogP contribution in [-0.4, -0.2) is 18.1 Å². The largest absolute Gasteiger partial charge is 0.506 e. The Morgan fingerprint density at radius 3 is 2.09 bits per heavy atom. The topological polar surface area (TPSA) is 86.6 Å². The van der Waals surface area contributed by atoms with Gasteiger partial charge < -0.3 is 5.11 Å². The second kappa shape index (κ2) is 5.32. The fourth-order valence-corrected chi connectivity index (χ4v) is 2.93. The van der Waals surface area contributed by atoms with Gasteiger partial charge in [-0.2, -0.15) is 8.42 Å². The molecule has 0 amide bonds. The minimum absolute atomic E-state index is 0.0437. The van der Waals surface area contributed by atoms with Gasteiger partial charge in [0.25, 0.3) is 0 Å². The van der Waals surface area contributed by atoms with E-state index in [4.69, 9.17) is 4.55 Å². The van der Waals surface area contributed by atoms with E-state index >= 15 is 0 Å². The molecule has 0 radical (unpaired) electrons. The Morgan fingerprint density at radius 2 is 1.45 bits per heavy atom. The zero-order valence-corrected chi connectivity index (χ0v) is 12.2. The van der Waals surface area contributed by atoms with Gasteiger partial charge in [-0.15, -0.1) is 0 Å². The normalized spacial score (nSPS) is 11.5. The molecule has 0 heterocycles. The highest BCUT2D eigenvalue weighted by Gasteiger charge is 2.16. The molecule has 0 atom stereocenters. The van der Waals surface area contributed by atoms with Crippen LogP contribution in [0, 0.1) is 0 Å². The molecule has 0 spiro atoms. The summed E-state index contributed by atoms with van der Waals surface area (Å²) in [6.07, 6.45) is 0. The highest BCUT2D eigenvalue weighted by Crippen LogP contribution is 2.39. The lowest BCUT2D eigenvalue weighted by Gasteiger charge is -2.14. The summed E-state index contributed by atoms with van der Waals surface area (Å²) in [5.41, 5.74) is 1.62. The van der Waals surface area contributed by atoms with Crippen molar-refractivity contribution in [2.45, 2.75) is 0 Å². The first-order valence-corrected chi connectivity index (χ1v) is 7.95. The van der Waals surface area contributed by atoms with Gasteiger partial charge in [0.1, 0.15) is 11.4 Å². The monoisotopic (exact) mass is 315 g/mol. The smallest absolute Gasteiger partial charge is 0.357 e. The maximum Gasteiger partial charge on any atom is 0.357 e. The molecular weight excluding hydrogens is 302 g/mol. The zero-order chi connectivity index (χ0) is 15.7. The molecule has 0 aliphatic carbocycles. The third-order valence-corrected chi connectivity index (χ3v) is 3.80. The third-order valence-electron chi connectivity index (χ3n) is 3.34. The second-order valence-electron chi connectivity index (χ2n) is 4.81. The predicted molar refractivity (Wildman–Crippen MR) is 86.2 cm³/mol. The Kier molecular flexibility index (Phi) is 3.48. The van der Waals surface area contributed by atoms with Gasteiger partial charge in [-0.1, -0.05) is 54.6 Å². The zero-order valence-electron chi connectivity index (χ0n) is 11.4. The molecule has 3 N–H and O–H groups in total. The van der Waals surface area contributed by atoms with Gasteiger partial charge in [0.2, 0.25) is 0 Å². The van der Waals surface area contributed by atoms with Gasteiger partial charge in [0.05, 0.1) is 0 Å². The number of nitrogens with one attached hydrogen (secondary N) is 1. The molecule has 112 valence electrons. The van der Waals surface area contributed by atoms with Gasteiger partial charge in [-0.3, -0.25) is 9.27 Å². The van der Waals surface area contributed by atoms with E-state index in [9.17, 15) is 13.5 Å². The summed E-state index contributed by atoms with van der Waals surface area (Å²) in [6, 6.07) is 18.0. The Morgan fingerprint density at radius 1 is 0.864 bits per heavy atom. The number of aromatic hydroxyl groups is 1. The number of benzene rings is 3. The van der Waals surface area contributed by atoms with Crippen LogP contribution in [0.5, 0.6) is 5.75 Å². The van der Waals surface area contributed by atoms with E-state index in [1.807, 2.05) is 47.2 Å². The van der Waals surface area contributed by atoms with Crippen LogP contribution >= 0.6 is 0 Å². The Labute approximate surface area is 127 Å². The van der Waals surface area contributed by atoms with Crippen LogP contribution in [-0.2, 0) is 10.3 Å². The summed E-state index contributed by atoms with van der Waals surface area (Å²) in [7, 11) is -4.48. The Hall–Kier alpha value is -2.57. The lowest BCUT2D eigenvalue weighted by Crippen LogP contribution is -2.11. The number of hydrogen-bond donors (Lipinski definition) is 3. The molecule has 0 saturated heterocycles. The number of fused-ring (bicyclic) bond motifs is 1. The summed E-state index contributed by atoms with van der Waals surface area (Å²) in [5, 5.41) is 11.4. The summed E-state index contributed by atoms with van der Waals surface area (Å²) >= 11 is 0. The fraction of sp³-hybridized carbons (Fsp3) is 0. The van der Waals surface area contributed by atoms with E-state index in [2.05, 4.69) is 0 Å². The number of anilines is 1. The summed E-state index contributed by atoms with van der Waals surface area (Å²) < 4.78 is 33.1. The predicted octanol–water partition coefficient (Wildman–Crippen LogP) is 3.43. The molecule has 0 unspecified atom stereocenters. The van der Waals surface area contributed by atoms with Crippen LogP contribution in [0.1, 0.15) is 0 Å². The highest BCUT2D eigenvalue weighted by molar-refractivity contribution is 7.87. The van der Waals surface area contributed by atoms with Crippen LogP contribution in [0.3, 0.4) is 0 Å². The standard InChI is InChI=1S/C16H13NO4S/c18-15-10-14(11-6-2-1-3-7-11)12-8-4-5-9-13(12)16(15)17-22(19,20)21/h1-10,17-18H,(H,19,20,21). The molecule has 3 rings (SSSR count). The van der Waals surface area contributed by atoms with E-state index in [0.29, 0.717) is 5.39 Å². The van der Waals surface area contributed by atoms with Crippen LogP contribution in [0.2, 0.25) is 0 Å². The van der Waals surface area contributed by atoms with E-state index in [1.54, 1.807) is 12.1 Å². The van der Waals surface area contributed by atoms with Gasteiger partial charge in [-0.25, -0.2) is 0 Å². The van der Waals surface area contributed by atoms with E-state index in [-0.39, 0.29) is 11.4 Å². The first-order chi connectivity index (χ1) is 10.5. The van der Waals surface area contributed by atoms with E-state index in [0.717, 1.165) is 16.5 Å². The van der Waals surface area contributed by atoms with E-state index < -0.39 is 10.3 Å². The van der Waals surface area contributed by atoms with Crippen molar-refractivity contribution in [3.8, 4) is 16.9 Å². The van der Waals surface area contributed by atoms with Crippen molar-refractivity contribution in [1.29, 1.82) is 0 Å². The minimum Gasteiger partial charge on any atom is -0.506 e. The third kappa shape index (κ3) is 2.74. The average molecular weight is 315 g/mol. The molecular formula is C16H13NO4S. The fourth-order valence-electron chi connectivity index (χ4n) is 2.45. The van der Waals surface area contributed by atoms with Crippen molar-refractivity contribution >= 4 is 26.8 Å². The minimum atomic E-state index is -4.48. The average Bonchev–Trinajstić information content (AvgIpc) is 2.50. The van der Waals surface area contributed by atoms with Crippen molar-refractivity contribution in [1.82, 2.24) is 0 Å². The molecule has 0 bridgehead atoms. The lowest BCUT2D eigenvalue weighted by molar-refractivity contribution is 0.474. The van der Waals surface area contributed by atoms with Crippen molar-refractivity contribution in [3.05, 3.63) is 60.7 Å². The molecule has 0 saturated carbocycles. The van der Waals surface area contributed by atoms with Crippen molar-refractivity contribution < 1.29 is 18.1 Å². The van der Waals surface area contributed by atoms with Crippen LogP contribution in [0.25, 0.3) is 21.9 Å². The summed E-state index contributed by atoms with van der Waals surface area (Å²) in [4.78, 5) is 0. The maximum atomic E-state index is 11.1. The first-order valence-electron chi connectivity index (χ1n) is 6.51. The molecule has 0 fully saturated rings. The Bertz CT molecular complexity index is 937. The second-order valence-corrected chi connectivity index (χ2v) is 5.96. The number of rotatable bonds is 3. The van der Waals surface area contributed by atoms with Gasteiger partial charge >= 0.3 is 10.3 Å². The van der Waals surface area contributed by atoms with Crippen molar-refractivity contribution in [2.24, 2.45) is 0 Å². The Balaban J connectivity index is 2.33. The number of phenolic OH excluding ortho intramolecular Hbond substituents is 1. The molecule has 0 aliphatic heterocycles. The van der Waals surface area contributed by atoms with Gasteiger partial charge in [-0.05, 0) is 22.6 Å². The molecule has 6 heteroatoms. The highest BCUT2D eigenvalue weighted by atomic mass is 32.2. The molecule has 22 heavy (non-hydrogen) atoms.